The van der Waals surface area contributed by atoms with Gasteiger partial charge in [0.1, 0.15) is 5.75 Å². The number of ether oxygens (including phenoxy) is 2. The molecule has 0 unspecified atom stereocenters. The number of benzene rings is 1. The Hall–Kier alpha value is -1.54. The summed E-state index contributed by atoms with van der Waals surface area (Å²) in [5.74, 6) is -0.0492. The van der Waals surface area contributed by atoms with Gasteiger partial charge >= 0.3 is 5.97 Å². The van der Waals surface area contributed by atoms with E-state index >= 15 is 0 Å². The molecule has 0 saturated heterocycles. The number of halogens is 1. The molecule has 5 heteroatoms. The molecule has 0 radical (unpaired) electrons. The number of methoxy groups -OCH3 is 1. The Bertz CT molecular complexity index is 451. The van der Waals surface area contributed by atoms with E-state index in [-0.39, 0.29) is 12.2 Å². The summed E-state index contributed by atoms with van der Waals surface area (Å²) in [6, 6.07) is 4.97. The number of nitrogens with zero attached hydrogens (tertiary/aromatic N) is 1. The third-order valence-corrected chi connectivity index (χ3v) is 2.70. The summed E-state index contributed by atoms with van der Waals surface area (Å²) < 4.78 is 10.4. The zero-order chi connectivity index (χ0) is 12.1. The van der Waals surface area contributed by atoms with Crippen molar-refractivity contribution in [2.75, 3.05) is 13.7 Å². The third kappa shape index (κ3) is 2.52. The molecule has 0 aliphatic rings. The highest BCUT2D eigenvalue weighted by atomic mass is 79.9. The monoisotopic (exact) mass is 283 g/mol. The largest absolute Gasteiger partial charge is 0.496 e. The minimum absolute atomic E-state index is 0.282. The SMILES string of the molecule is CCOC(=O)c1cc(C#N)cc(OC)c1Br. The lowest BCUT2D eigenvalue weighted by Gasteiger charge is -2.08. The molecule has 1 aromatic rings. The number of carbonyl (C=O) groups excluding carboxylic acids is 1. The summed E-state index contributed by atoms with van der Waals surface area (Å²) in [6.45, 7) is 2.00. The Kier molecular flexibility index (Phi) is 4.32. The molecule has 1 aromatic carbocycles. The molecule has 1 rings (SSSR count). The van der Waals surface area contributed by atoms with Gasteiger partial charge in [-0.3, -0.25) is 0 Å². The van der Waals surface area contributed by atoms with Crippen LogP contribution in [0.15, 0.2) is 16.6 Å². The summed E-state index contributed by atoms with van der Waals surface area (Å²) in [5.41, 5.74) is 0.640. The van der Waals surface area contributed by atoms with E-state index in [2.05, 4.69) is 15.9 Å². The van der Waals surface area contributed by atoms with Crippen molar-refractivity contribution in [3.8, 4) is 11.8 Å². The Labute approximate surface area is 102 Å². The lowest BCUT2D eigenvalue weighted by Crippen LogP contribution is -2.06. The lowest BCUT2D eigenvalue weighted by molar-refractivity contribution is 0.0525. The first-order valence-corrected chi connectivity index (χ1v) is 5.38. The van der Waals surface area contributed by atoms with E-state index in [1.807, 2.05) is 6.07 Å². The van der Waals surface area contributed by atoms with Crippen LogP contribution in [0.1, 0.15) is 22.8 Å². The minimum Gasteiger partial charge on any atom is -0.496 e. The van der Waals surface area contributed by atoms with Gasteiger partial charge in [0.2, 0.25) is 0 Å². The Balaban J connectivity index is 3.27. The Morgan fingerprint density at radius 3 is 2.75 bits per heavy atom. The van der Waals surface area contributed by atoms with Crippen LogP contribution in [0.4, 0.5) is 0 Å². The second kappa shape index (κ2) is 5.52. The highest BCUT2D eigenvalue weighted by Gasteiger charge is 2.16. The summed E-state index contributed by atoms with van der Waals surface area (Å²) in [4.78, 5) is 11.6. The van der Waals surface area contributed by atoms with Crippen LogP contribution in [0.25, 0.3) is 0 Å². The van der Waals surface area contributed by atoms with Gasteiger partial charge in [-0.15, -0.1) is 0 Å². The fourth-order valence-electron chi connectivity index (χ4n) is 1.17. The molecular formula is C11H10BrNO3. The minimum atomic E-state index is -0.482. The molecule has 84 valence electrons. The van der Waals surface area contributed by atoms with Crippen molar-refractivity contribution in [3.63, 3.8) is 0 Å². The fraction of sp³-hybridized carbons (Fsp3) is 0.273. The quantitative estimate of drug-likeness (QED) is 0.800. The molecular weight excluding hydrogens is 274 g/mol. The molecule has 4 nitrogen and oxygen atoms in total. The molecule has 0 N–H and O–H groups in total. The first-order chi connectivity index (χ1) is 7.63. The van der Waals surface area contributed by atoms with Gasteiger partial charge < -0.3 is 9.47 Å². The molecule has 0 aliphatic heterocycles. The van der Waals surface area contributed by atoms with Gasteiger partial charge in [0.15, 0.2) is 0 Å². The average Bonchev–Trinajstić information content (AvgIpc) is 2.29. The standard InChI is InChI=1S/C11H10BrNO3/c1-3-16-11(14)8-4-7(6-13)5-9(15-2)10(8)12/h4-5H,3H2,1-2H3. The molecule has 0 saturated carbocycles. The van der Waals surface area contributed by atoms with Crippen molar-refractivity contribution < 1.29 is 14.3 Å². The average molecular weight is 284 g/mol. The van der Waals surface area contributed by atoms with Crippen molar-refractivity contribution in [1.29, 1.82) is 5.26 Å². The van der Waals surface area contributed by atoms with Crippen LogP contribution in [0.5, 0.6) is 5.75 Å². The summed E-state index contributed by atoms with van der Waals surface area (Å²) >= 11 is 3.24. The van der Waals surface area contributed by atoms with E-state index in [1.165, 1.54) is 13.2 Å². The normalized spacial score (nSPS) is 9.38. The number of nitriles is 1. The summed E-state index contributed by atoms with van der Waals surface area (Å²) in [7, 11) is 1.47. The van der Waals surface area contributed by atoms with Gasteiger partial charge in [-0.25, -0.2) is 4.79 Å². The second-order valence-corrected chi connectivity index (χ2v) is 3.67. The van der Waals surface area contributed by atoms with Crippen molar-refractivity contribution in [2.24, 2.45) is 0 Å². The van der Waals surface area contributed by atoms with Gasteiger partial charge in [0.25, 0.3) is 0 Å². The van der Waals surface area contributed by atoms with Crippen LogP contribution in [0.2, 0.25) is 0 Å². The number of carbonyl (C=O) groups is 1. The molecule has 16 heavy (non-hydrogen) atoms. The highest BCUT2D eigenvalue weighted by Crippen LogP contribution is 2.30. The van der Waals surface area contributed by atoms with Gasteiger partial charge in [0.05, 0.1) is 35.4 Å². The van der Waals surface area contributed by atoms with Crippen molar-refractivity contribution in [2.45, 2.75) is 6.92 Å². The smallest absolute Gasteiger partial charge is 0.339 e. The number of rotatable bonds is 3. The molecule has 0 amide bonds. The molecule has 0 heterocycles. The third-order valence-electron chi connectivity index (χ3n) is 1.88. The van der Waals surface area contributed by atoms with Crippen LogP contribution in [0, 0.1) is 11.3 Å². The van der Waals surface area contributed by atoms with Crippen LogP contribution in [0.3, 0.4) is 0 Å². The molecule has 0 bridgehead atoms. The molecule has 0 aromatic heterocycles. The van der Waals surface area contributed by atoms with Crippen molar-refractivity contribution in [3.05, 3.63) is 27.7 Å². The zero-order valence-corrected chi connectivity index (χ0v) is 10.5. The van der Waals surface area contributed by atoms with Gasteiger partial charge in [-0.05, 0) is 35.0 Å². The first-order valence-electron chi connectivity index (χ1n) is 4.58. The predicted molar refractivity (Wildman–Crippen MR) is 61.4 cm³/mol. The second-order valence-electron chi connectivity index (χ2n) is 2.87. The van der Waals surface area contributed by atoms with E-state index in [9.17, 15) is 4.79 Å². The van der Waals surface area contributed by atoms with Crippen LogP contribution in [-0.2, 0) is 4.74 Å². The maximum atomic E-state index is 11.6. The molecule has 0 atom stereocenters. The topological polar surface area (TPSA) is 59.3 Å². The predicted octanol–water partition coefficient (Wildman–Crippen LogP) is 2.51. The van der Waals surface area contributed by atoms with Crippen LogP contribution in [-0.4, -0.2) is 19.7 Å². The van der Waals surface area contributed by atoms with Gasteiger partial charge in [-0.2, -0.15) is 5.26 Å². The first kappa shape index (κ1) is 12.5. The molecule has 0 fully saturated rings. The zero-order valence-electron chi connectivity index (χ0n) is 8.91. The van der Waals surface area contributed by atoms with Crippen molar-refractivity contribution >= 4 is 21.9 Å². The van der Waals surface area contributed by atoms with E-state index in [0.29, 0.717) is 15.8 Å². The number of esters is 1. The Morgan fingerprint density at radius 1 is 1.56 bits per heavy atom. The maximum absolute atomic E-state index is 11.6. The highest BCUT2D eigenvalue weighted by molar-refractivity contribution is 9.10. The Morgan fingerprint density at radius 2 is 2.25 bits per heavy atom. The van der Waals surface area contributed by atoms with E-state index < -0.39 is 5.97 Å². The summed E-state index contributed by atoms with van der Waals surface area (Å²) in [5, 5.41) is 8.81. The van der Waals surface area contributed by atoms with Crippen molar-refractivity contribution in [1.82, 2.24) is 0 Å². The lowest BCUT2D eigenvalue weighted by atomic mass is 10.1. The van der Waals surface area contributed by atoms with Gasteiger partial charge in [-0.1, -0.05) is 0 Å². The molecule has 0 spiro atoms. The summed E-state index contributed by atoms with van der Waals surface area (Å²) in [6.07, 6.45) is 0. The van der Waals surface area contributed by atoms with Crippen LogP contribution >= 0.6 is 15.9 Å². The van der Waals surface area contributed by atoms with E-state index in [0.717, 1.165) is 0 Å². The van der Waals surface area contributed by atoms with Crippen LogP contribution < -0.4 is 4.74 Å². The van der Waals surface area contributed by atoms with E-state index in [1.54, 1.807) is 13.0 Å². The fourth-order valence-corrected chi connectivity index (χ4v) is 1.72. The molecule has 0 aliphatic carbocycles. The van der Waals surface area contributed by atoms with E-state index in [4.69, 9.17) is 14.7 Å². The van der Waals surface area contributed by atoms with Gasteiger partial charge in [0, 0.05) is 0 Å². The maximum Gasteiger partial charge on any atom is 0.339 e. The number of hydrogen-bond acceptors (Lipinski definition) is 4. The number of hydrogen-bond donors (Lipinski definition) is 0.